The molecule has 0 spiro atoms. The van der Waals surface area contributed by atoms with Gasteiger partial charge in [-0.25, -0.2) is 0 Å². The molecule has 0 saturated heterocycles. The van der Waals surface area contributed by atoms with Crippen molar-refractivity contribution in [1.82, 2.24) is 14.5 Å². The first kappa shape index (κ1) is 21.2. The summed E-state index contributed by atoms with van der Waals surface area (Å²) in [5.74, 6) is 0.533. The summed E-state index contributed by atoms with van der Waals surface area (Å²) in [4.78, 5) is 20.7. The van der Waals surface area contributed by atoms with E-state index in [4.69, 9.17) is 16.3 Å². The van der Waals surface area contributed by atoms with Gasteiger partial charge in [-0.05, 0) is 36.2 Å². The Morgan fingerprint density at radius 3 is 2.52 bits per heavy atom. The minimum absolute atomic E-state index is 0.0839. The highest BCUT2D eigenvalue weighted by Crippen LogP contribution is 2.35. The summed E-state index contributed by atoms with van der Waals surface area (Å²) in [5, 5.41) is 20.4. The third-order valence-corrected chi connectivity index (χ3v) is 5.35. The number of hydrogen-bond donors (Lipinski definition) is 2. The predicted molar refractivity (Wildman–Crippen MR) is 116 cm³/mol. The third kappa shape index (κ3) is 4.23. The number of anilines is 1. The van der Waals surface area contributed by atoms with Crippen LogP contribution in [0.2, 0.25) is 5.02 Å². The lowest BCUT2D eigenvalue weighted by Gasteiger charge is -2.38. The van der Waals surface area contributed by atoms with Crippen LogP contribution in [0.3, 0.4) is 0 Å². The van der Waals surface area contributed by atoms with E-state index in [0.717, 1.165) is 5.56 Å². The molecule has 1 aromatic heterocycles. The van der Waals surface area contributed by atoms with Crippen LogP contribution in [0.1, 0.15) is 22.5 Å². The van der Waals surface area contributed by atoms with Gasteiger partial charge in [0.15, 0.2) is 11.5 Å². The molecule has 0 aliphatic carbocycles. The van der Waals surface area contributed by atoms with Gasteiger partial charge in [-0.15, -0.1) is 0 Å². The lowest BCUT2D eigenvalue weighted by molar-refractivity contribution is 0.00112. The number of aliphatic hydroxyl groups is 2. The molecule has 1 unspecified atom stereocenters. The predicted octanol–water partition coefficient (Wildman–Crippen LogP) is 2.93. The number of hydrogen-bond acceptors (Lipinski definition) is 6. The Morgan fingerprint density at radius 1 is 1.13 bits per heavy atom. The number of halogens is 1. The number of aromatic nitrogens is 2. The minimum atomic E-state index is -1.19. The topological polar surface area (TPSA) is 91.1 Å². The number of imidazole rings is 1. The zero-order valence-electron chi connectivity index (χ0n) is 17.0. The second-order valence-corrected chi connectivity index (χ2v) is 7.66. The van der Waals surface area contributed by atoms with E-state index in [1.807, 2.05) is 30.3 Å². The number of fused-ring (bicyclic) bond motifs is 1. The second-order valence-electron chi connectivity index (χ2n) is 7.23. The molecule has 0 radical (unpaired) electrons. The van der Waals surface area contributed by atoms with Crippen LogP contribution < -0.4 is 9.64 Å². The summed E-state index contributed by atoms with van der Waals surface area (Å²) in [5.41, 5.74) is 1.22. The molecule has 1 aliphatic rings. The summed E-state index contributed by atoms with van der Waals surface area (Å²) in [6, 6.07) is 16.7. The van der Waals surface area contributed by atoms with Gasteiger partial charge >= 0.3 is 6.01 Å². The average Bonchev–Trinajstić information content (AvgIpc) is 3.12. The number of amides is 1. The lowest BCUT2D eigenvalue weighted by Crippen LogP contribution is -2.54. The molecule has 2 N–H and O–H groups in total. The van der Waals surface area contributed by atoms with E-state index in [-0.39, 0.29) is 25.1 Å². The van der Waals surface area contributed by atoms with Crippen LogP contribution in [0.15, 0.2) is 54.6 Å². The Balaban J connectivity index is 1.79. The minimum Gasteiger partial charge on any atom is -0.425 e. The first-order valence-electron chi connectivity index (χ1n) is 9.90. The van der Waals surface area contributed by atoms with E-state index in [2.05, 4.69) is 4.98 Å². The largest absolute Gasteiger partial charge is 0.425 e. The number of benzene rings is 2. The Kier molecular flexibility index (Phi) is 6.13. The molecule has 1 atom stereocenters. The van der Waals surface area contributed by atoms with Crippen molar-refractivity contribution in [3.63, 3.8) is 0 Å². The quantitative estimate of drug-likeness (QED) is 0.584. The maximum Gasteiger partial charge on any atom is 0.304 e. The van der Waals surface area contributed by atoms with Crippen LogP contribution >= 0.6 is 11.6 Å². The standard InChI is InChI=1S/C22H23ClN4O4/c1-25-19-18(20(29)26(22(25)30)12-5-13-28)27(14-15-8-10-16(23)11-9-15)21(24-19)31-17-6-3-2-4-7-17/h2-4,6-11,22,28,30H,5,12-14H2,1H3. The van der Waals surface area contributed by atoms with Crippen LogP contribution in [0.4, 0.5) is 5.82 Å². The molecule has 1 amide bonds. The van der Waals surface area contributed by atoms with Gasteiger partial charge in [0.25, 0.3) is 5.91 Å². The van der Waals surface area contributed by atoms with E-state index in [0.29, 0.717) is 35.2 Å². The molecular weight excluding hydrogens is 420 g/mol. The van der Waals surface area contributed by atoms with E-state index in [1.54, 1.807) is 35.9 Å². The van der Waals surface area contributed by atoms with Gasteiger partial charge < -0.3 is 19.8 Å². The Hall–Kier alpha value is -3.07. The van der Waals surface area contributed by atoms with Gasteiger partial charge in [-0.3, -0.25) is 14.3 Å². The molecule has 0 fully saturated rings. The highest BCUT2D eigenvalue weighted by Gasteiger charge is 2.40. The summed E-state index contributed by atoms with van der Waals surface area (Å²) >= 11 is 6.01. The van der Waals surface area contributed by atoms with Crippen LogP contribution in [-0.2, 0) is 6.54 Å². The van der Waals surface area contributed by atoms with Crippen LogP contribution in [-0.4, -0.2) is 57.1 Å². The fourth-order valence-corrected chi connectivity index (χ4v) is 3.61. The van der Waals surface area contributed by atoms with Crippen molar-refractivity contribution in [2.45, 2.75) is 19.3 Å². The Labute approximate surface area is 184 Å². The van der Waals surface area contributed by atoms with Crippen LogP contribution in [0.5, 0.6) is 11.8 Å². The molecule has 8 nitrogen and oxygen atoms in total. The summed E-state index contributed by atoms with van der Waals surface area (Å²) in [7, 11) is 1.66. The summed E-state index contributed by atoms with van der Waals surface area (Å²) < 4.78 is 7.71. The zero-order valence-corrected chi connectivity index (χ0v) is 17.7. The molecule has 162 valence electrons. The van der Waals surface area contributed by atoms with Gasteiger partial charge in [-0.1, -0.05) is 41.9 Å². The number of carbonyl (C=O) groups is 1. The molecule has 3 aromatic rings. The molecule has 1 aliphatic heterocycles. The van der Waals surface area contributed by atoms with Crippen molar-refractivity contribution < 1.29 is 19.7 Å². The van der Waals surface area contributed by atoms with Gasteiger partial charge in [0.1, 0.15) is 5.75 Å². The monoisotopic (exact) mass is 442 g/mol. The van der Waals surface area contributed by atoms with Gasteiger partial charge in [0.2, 0.25) is 6.35 Å². The van der Waals surface area contributed by atoms with E-state index < -0.39 is 6.35 Å². The van der Waals surface area contributed by atoms with E-state index >= 15 is 0 Å². The fourth-order valence-electron chi connectivity index (χ4n) is 3.49. The molecule has 9 heteroatoms. The first-order valence-corrected chi connectivity index (χ1v) is 10.3. The van der Waals surface area contributed by atoms with Gasteiger partial charge in [-0.2, -0.15) is 4.98 Å². The number of aliphatic hydroxyl groups excluding tert-OH is 2. The van der Waals surface area contributed by atoms with Crippen molar-refractivity contribution in [2.75, 3.05) is 25.1 Å². The van der Waals surface area contributed by atoms with Gasteiger partial charge in [0.05, 0.1) is 6.54 Å². The van der Waals surface area contributed by atoms with E-state index in [9.17, 15) is 15.0 Å². The van der Waals surface area contributed by atoms with Crippen molar-refractivity contribution in [2.24, 2.45) is 0 Å². The summed E-state index contributed by atoms with van der Waals surface area (Å²) in [6.07, 6.45) is -0.833. The highest BCUT2D eigenvalue weighted by molar-refractivity contribution is 6.30. The van der Waals surface area contributed by atoms with Crippen molar-refractivity contribution in [1.29, 1.82) is 0 Å². The maximum atomic E-state index is 13.3. The van der Waals surface area contributed by atoms with Crippen LogP contribution in [0, 0.1) is 0 Å². The Morgan fingerprint density at radius 2 is 1.84 bits per heavy atom. The number of rotatable bonds is 7. The molecule has 0 saturated carbocycles. The SMILES string of the molecule is CN1c2nc(Oc3ccccc3)n(Cc3ccc(Cl)cc3)c2C(=O)N(CCCO)C1O. The molecule has 4 rings (SSSR count). The van der Waals surface area contributed by atoms with Crippen LogP contribution in [0.25, 0.3) is 0 Å². The zero-order chi connectivity index (χ0) is 22.0. The van der Waals surface area contributed by atoms with E-state index in [1.165, 1.54) is 9.80 Å². The van der Waals surface area contributed by atoms with Crippen molar-refractivity contribution in [3.8, 4) is 11.8 Å². The highest BCUT2D eigenvalue weighted by atomic mass is 35.5. The van der Waals surface area contributed by atoms with Crippen molar-refractivity contribution >= 4 is 23.3 Å². The lowest BCUT2D eigenvalue weighted by atomic mass is 10.2. The number of nitrogens with zero attached hydrogens (tertiary/aromatic N) is 4. The third-order valence-electron chi connectivity index (χ3n) is 5.10. The molecule has 0 bridgehead atoms. The maximum absolute atomic E-state index is 13.3. The smallest absolute Gasteiger partial charge is 0.304 e. The number of para-hydroxylation sites is 1. The Bertz CT molecular complexity index is 1060. The van der Waals surface area contributed by atoms with Gasteiger partial charge in [0, 0.05) is 25.2 Å². The second kappa shape index (κ2) is 8.97. The first-order chi connectivity index (χ1) is 15.0. The molecular formula is C22H23ClN4O4. The fraction of sp³-hybridized carbons (Fsp3) is 0.273. The molecule has 31 heavy (non-hydrogen) atoms. The number of ether oxygens (including phenoxy) is 1. The normalized spacial score (nSPS) is 15.9. The van der Waals surface area contributed by atoms with Crippen molar-refractivity contribution in [3.05, 3.63) is 70.9 Å². The summed E-state index contributed by atoms with van der Waals surface area (Å²) in [6.45, 7) is 0.450. The molecule has 2 heterocycles. The number of carbonyl (C=O) groups excluding carboxylic acids is 1. The molecule has 2 aromatic carbocycles. The average molecular weight is 443 g/mol.